The maximum Gasteiger partial charge on any atom is 0.485 e. The van der Waals surface area contributed by atoms with Crippen LogP contribution in [0.2, 0.25) is 0 Å². The van der Waals surface area contributed by atoms with Crippen molar-refractivity contribution in [2.45, 2.75) is 30.3 Å². The van der Waals surface area contributed by atoms with Gasteiger partial charge >= 0.3 is 27.3 Å². The van der Waals surface area contributed by atoms with Crippen molar-refractivity contribution in [3.63, 3.8) is 0 Å². The van der Waals surface area contributed by atoms with Crippen LogP contribution in [0.1, 0.15) is 12.8 Å². The third kappa shape index (κ3) is 2.18. The van der Waals surface area contributed by atoms with Gasteiger partial charge in [-0.05, 0) is 32.5 Å². The largest absolute Gasteiger partial charge is 0.485 e. The van der Waals surface area contributed by atoms with Crippen molar-refractivity contribution in [3.05, 3.63) is 0 Å². The van der Waals surface area contributed by atoms with E-state index in [2.05, 4.69) is 10.6 Å². The minimum absolute atomic E-state index is 0.0596. The van der Waals surface area contributed by atoms with Crippen molar-refractivity contribution >= 4 is 15.6 Å². The molecule has 0 aromatic rings. The summed E-state index contributed by atoms with van der Waals surface area (Å²) in [5, 5.41) is 5.96. The van der Waals surface area contributed by atoms with Gasteiger partial charge in [0.2, 0.25) is 0 Å². The predicted molar refractivity (Wildman–Crippen MR) is 78.1 cm³/mol. The summed E-state index contributed by atoms with van der Waals surface area (Å²) in [6.07, 6.45) is 1.31. The predicted octanol–water partition coefficient (Wildman–Crippen LogP) is -0.720. The third-order valence-electron chi connectivity index (χ3n) is 4.07. The van der Waals surface area contributed by atoms with Crippen LogP contribution in [0.4, 0.5) is 0 Å². The molecular weight excluding hydrogens is 366 g/mol. The second kappa shape index (κ2) is 5.53. The Hall–Kier alpha value is 0.0600. The number of phosphoric acid groups is 2. The van der Waals surface area contributed by atoms with Gasteiger partial charge in [0.25, 0.3) is 5.79 Å². The molecule has 6 fully saturated rings. The molecular formula is C10H20N4O8P2. The fraction of sp³-hybridized carbons (Fsp3) is 1.00. The molecule has 1 atom stereocenters. The number of rotatable bonds is 9. The summed E-state index contributed by atoms with van der Waals surface area (Å²) in [7, 11) is -7.60. The molecule has 6 heterocycles. The summed E-state index contributed by atoms with van der Waals surface area (Å²) in [5.74, 6) is -5.22. The first-order valence-electron chi connectivity index (χ1n) is 7.67. The molecule has 12 nitrogen and oxygen atoms in total. The van der Waals surface area contributed by atoms with Crippen molar-refractivity contribution in [3.8, 4) is 0 Å². The van der Waals surface area contributed by atoms with Crippen molar-refractivity contribution in [1.82, 2.24) is 10.6 Å². The Morgan fingerprint density at radius 3 is 2.04 bits per heavy atom. The third-order valence-corrected chi connectivity index (χ3v) is 7.03. The van der Waals surface area contributed by atoms with E-state index in [1.807, 2.05) is 0 Å². The minimum Gasteiger partial charge on any atom is -0.330 e. The quantitative estimate of drug-likeness (QED) is 0.291. The number of nitrogens with two attached hydrogens (primary N) is 2. The molecule has 24 heavy (non-hydrogen) atoms. The highest BCUT2D eigenvalue weighted by atomic mass is 31.2. The molecule has 0 amide bonds. The zero-order valence-electron chi connectivity index (χ0n) is 12.8. The van der Waals surface area contributed by atoms with Gasteiger partial charge in [-0.25, -0.2) is 36.3 Å². The number of nitrogens with one attached hydrogen (secondary N) is 2. The first-order valence-corrected chi connectivity index (χ1v) is 10.6. The van der Waals surface area contributed by atoms with Gasteiger partial charge in [-0.15, -0.1) is 0 Å². The topological polar surface area (TPSA) is 166 Å². The molecule has 6 aliphatic rings. The monoisotopic (exact) mass is 386 g/mol. The molecule has 6 saturated heterocycles. The lowest BCUT2D eigenvalue weighted by molar-refractivity contribution is -0.348. The maximum absolute atomic E-state index is 12.2. The highest BCUT2D eigenvalue weighted by Crippen LogP contribution is 2.89. The number of hydrogen-bond acceptors (Lipinski definition) is 12. The van der Waals surface area contributed by atoms with Gasteiger partial charge < -0.3 is 16.8 Å². The highest BCUT2D eigenvalue weighted by Gasteiger charge is 2.97. The lowest BCUT2D eigenvalue weighted by Crippen LogP contribution is -2.73. The number of phosphoric ester groups is 2. The van der Waals surface area contributed by atoms with Crippen LogP contribution >= 0.6 is 15.6 Å². The van der Waals surface area contributed by atoms with Crippen LogP contribution in [-0.2, 0) is 36.3 Å². The molecule has 0 aromatic carbocycles. The first kappa shape index (κ1) is 17.5. The minimum atomic E-state index is -3.80. The van der Waals surface area contributed by atoms with E-state index in [1.165, 1.54) is 0 Å². The second-order valence-electron chi connectivity index (χ2n) is 5.82. The van der Waals surface area contributed by atoms with Gasteiger partial charge in [-0.3, -0.25) is 5.32 Å². The van der Waals surface area contributed by atoms with Gasteiger partial charge in [0.15, 0.2) is 0 Å². The fourth-order valence-electron chi connectivity index (χ4n) is 3.04. The molecule has 0 aliphatic carbocycles. The molecule has 0 aromatic heterocycles. The van der Waals surface area contributed by atoms with E-state index in [0.717, 1.165) is 0 Å². The smallest absolute Gasteiger partial charge is 0.330 e. The van der Waals surface area contributed by atoms with E-state index in [9.17, 15) is 9.13 Å². The van der Waals surface area contributed by atoms with Crippen LogP contribution in [0.25, 0.3) is 0 Å². The maximum atomic E-state index is 12.2. The lowest BCUT2D eigenvalue weighted by atomic mass is 10.0. The fourth-order valence-corrected chi connectivity index (χ4v) is 6.59. The molecule has 138 valence electrons. The van der Waals surface area contributed by atoms with Gasteiger partial charge in [-0.2, -0.15) is 0 Å². The van der Waals surface area contributed by atoms with Crippen LogP contribution in [0.15, 0.2) is 0 Å². The van der Waals surface area contributed by atoms with E-state index in [-0.39, 0.29) is 6.54 Å². The lowest BCUT2D eigenvalue weighted by Gasteiger charge is -2.43. The second-order valence-corrected chi connectivity index (χ2v) is 8.70. The molecule has 14 heteroatoms. The van der Waals surface area contributed by atoms with Gasteiger partial charge in [0.05, 0.1) is 6.54 Å². The Labute approximate surface area is 138 Å². The summed E-state index contributed by atoms with van der Waals surface area (Å²) < 4.78 is 56.6. The molecule has 0 saturated carbocycles. The van der Waals surface area contributed by atoms with Crippen LogP contribution < -0.4 is 22.1 Å². The first-order chi connectivity index (χ1) is 11.4. The zero-order chi connectivity index (χ0) is 17.1. The van der Waals surface area contributed by atoms with Crippen molar-refractivity contribution in [1.29, 1.82) is 0 Å². The normalized spacial score (nSPS) is 50.9. The van der Waals surface area contributed by atoms with Crippen molar-refractivity contribution < 1.29 is 36.3 Å². The van der Waals surface area contributed by atoms with E-state index in [4.69, 9.17) is 38.6 Å². The summed E-state index contributed by atoms with van der Waals surface area (Å²) in [6.45, 7) is 1.92. The molecule has 6 N–H and O–H groups in total. The SMILES string of the molecule is NCCCNCC12OP(=O)(O1)OC21OP2(=O)OC1(NCCCN)O2. The average Bonchev–Trinajstić information content (AvgIpc) is 3.03. The highest BCUT2D eigenvalue weighted by molar-refractivity contribution is 7.51. The van der Waals surface area contributed by atoms with E-state index >= 15 is 0 Å². The van der Waals surface area contributed by atoms with Gasteiger partial charge in [0.1, 0.15) is 0 Å². The van der Waals surface area contributed by atoms with Crippen LogP contribution in [-0.4, -0.2) is 50.2 Å². The van der Waals surface area contributed by atoms with E-state index in [1.54, 1.807) is 0 Å². The Morgan fingerprint density at radius 2 is 1.42 bits per heavy atom. The molecule has 0 radical (unpaired) electrons. The molecule has 6 aliphatic heterocycles. The number of hydrogen-bond donors (Lipinski definition) is 4. The molecule has 4 bridgehead atoms. The Morgan fingerprint density at radius 1 is 0.833 bits per heavy atom. The summed E-state index contributed by atoms with van der Waals surface area (Å²) >= 11 is 0. The average molecular weight is 386 g/mol. The Kier molecular flexibility index (Phi) is 4.02. The molecule has 1 spiro atoms. The molecule has 1 unspecified atom stereocenters. The van der Waals surface area contributed by atoms with Crippen molar-refractivity contribution in [2.75, 3.05) is 32.7 Å². The Bertz CT molecular complexity index is 610. The van der Waals surface area contributed by atoms with Gasteiger partial charge in [0, 0.05) is 6.54 Å². The summed E-state index contributed by atoms with van der Waals surface area (Å²) in [6, 6.07) is 0. The van der Waals surface area contributed by atoms with Crippen molar-refractivity contribution in [2.24, 2.45) is 11.5 Å². The standard InChI is InChI=1S/C10H20N4O8P2/c11-3-1-5-13-7-8-9(19-23(15,17-8)18-8)10(14-6-2-4-12)21-24(16,20-9)22-10/h13-14H,1-7,11-12H2. The summed E-state index contributed by atoms with van der Waals surface area (Å²) in [4.78, 5) is 0. The van der Waals surface area contributed by atoms with Crippen LogP contribution in [0.5, 0.6) is 0 Å². The van der Waals surface area contributed by atoms with Gasteiger partial charge in [-0.1, -0.05) is 0 Å². The summed E-state index contributed by atoms with van der Waals surface area (Å²) in [5.41, 5.74) is 10.9. The van der Waals surface area contributed by atoms with Crippen LogP contribution in [0.3, 0.4) is 0 Å². The van der Waals surface area contributed by atoms with Crippen LogP contribution in [0, 0.1) is 0 Å². The zero-order valence-corrected chi connectivity index (χ0v) is 14.6. The van der Waals surface area contributed by atoms with E-state index in [0.29, 0.717) is 39.0 Å². The Balaban J connectivity index is 1.57. The van der Waals surface area contributed by atoms with E-state index < -0.39 is 33.1 Å². The molecule has 6 rings (SSSR count).